The summed E-state index contributed by atoms with van der Waals surface area (Å²) in [6, 6.07) is 8.00. The molecule has 0 aromatic heterocycles. The van der Waals surface area contributed by atoms with E-state index in [1.807, 2.05) is 19.2 Å². The molecule has 90 valence electrons. The summed E-state index contributed by atoms with van der Waals surface area (Å²) >= 11 is 0. The number of aliphatic hydroxyl groups excluding tert-OH is 1. The van der Waals surface area contributed by atoms with Crippen LogP contribution in [0.1, 0.15) is 18.4 Å². The SMILES string of the molecule is CN1c2cccc(C#N)c2OCC1CCCO. The first-order valence-corrected chi connectivity index (χ1v) is 5.77. The second-order valence-corrected chi connectivity index (χ2v) is 4.21. The van der Waals surface area contributed by atoms with E-state index in [0.717, 1.165) is 18.5 Å². The number of likely N-dealkylation sites (N-methyl/N-ethyl adjacent to an activating group) is 1. The summed E-state index contributed by atoms with van der Waals surface area (Å²) in [6.45, 7) is 0.775. The van der Waals surface area contributed by atoms with Crippen LogP contribution in [0, 0.1) is 11.3 Å². The first-order chi connectivity index (χ1) is 8.27. The normalized spacial score (nSPS) is 18.2. The summed E-state index contributed by atoms with van der Waals surface area (Å²) in [6.07, 6.45) is 1.66. The largest absolute Gasteiger partial charge is 0.488 e. The Morgan fingerprint density at radius 2 is 2.41 bits per heavy atom. The van der Waals surface area contributed by atoms with Crippen molar-refractivity contribution in [1.29, 1.82) is 5.26 Å². The molecule has 0 fully saturated rings. The third-order valence-corrected chi connectivity index (χ3v) is 3.16. The summed E-state index contributed by atoms with van der Waals surface area (Å²) in [7, 11) is 2.00. The Morgan fingerprint density at radius 3 is 3.12 bits per heavy atom. The molecule has 0 radical (unpaired) electrons. The third kappa shape index (κ3) is 2.20. The maximum absolute atomic E-state index is 9.01. The highest BCUT2D eigenvalue weighted by atomic mass is 16.5. The molecule has 1 N–H and O–H groups in total. The van der Waals surface area contributed by atoms with Gasteiger partial charge in [0.25, 0.3) is 0 Å². The first kappa shape index (κ1) is 11.7. The van der Waals surface area contributed by atoms with Crippen LogP contribution in [-0.4, -0.2) is 31.4 Å². The molecule has 1 unspecified atom stereocenters. The van der Waals surface area contributed by atoms with Gasteiger partial charge >= 0.3 is 0 Å². The van der Waals surface area contributed by atoms with Crippen molar-refractivity contribution in [2.75, 3.05) is 25.2 Å². The van der Waals surface area contributed by atoms with Gasteiger partial charge in [0.05, 0.1) is 17.3 Å². The molecule has 0 aliphatic carbocycles. The molecule has 2 rings (SSSR count). The second-order valence-electron chi connectivity index (χ2n) is 4.21. The molecule has 0 bridgehead atoms. The molecule has 1 aliphatic rings. The molecule has 0 spiro atoms. The van der Waals surface area contributed by atoms with Gasteiger partial charge in [-0.2, -0.15) is 5.26 Å². The quantitative estimate of drug-likeness (QED) is 0.858. The van der Waals surface area contributed by atoms with Gasteiger partial charge in [-0.1, -0.05) is 6.07 Å². The monoisotopic (exact) mass is 232 g/mol. The van der Waals surface area contributed by atoms with Crippen molar-refractivity contribution < 1.29 is 9.84 Å². The number of para-hydroxylation sites is 1. The topological polar surface area (TPSA) is 56.5 Å². The number of nitriles is 1. The van der Waals surface area contributed by atoms with Crippen molar-refractivity contribution >= 4 is 5.69 Å². The highest BCUT2D eigenvalue weighted by molar-refractivity contribution is 5.66. The molecule has 4 heteroatoms. The van der Waals surface area contributed by atoms with Gasteiger partial charge in [-0.3, -0.25) is 0 Å². The average molecular weight is 232 g/mol. The highest BCUT2D eigenvalue weighted by Gasteiger charge is 2.25. The fourth-order valence-corrected chi connectivity index (χ4v) is 2.13. The molecular formula is C13H16N2O2. The second kappa shape index (κ2) is 5.07. The minimum Gasteiger partial charge on any atom is -0.488 e. The zero-order valence-electron chi connectivity index (χ0n) is 9.89. The van der Waals surface area contributed by atoms with Crippen LogP contribution in [0.2, 0.25) is 0 Å². The molecule has 0 amide bonds. The van der Waals surface area contributed by atoms with E-state index < -0.39 is 0 Å². The van der Waals surface area contributed by atoms with Gasteiger partial charge in [0.15, 0.2) is 5.75 Å². The molecule has 17 heavy (non-hydrogen) atoms. The number of ether oxygens (including phenoxy) is 1. The molecular weight excluding hydrogens is 216 g/mol. The van der Waals surface area contributed by atoms with Crippen LogP contribution in [0.3, 0.4) is 0 Å². The number of benzene rings is 1. The van der Waals surface area contributed by atoms with Crippen molar-refractivity contribution in [2.24, 2.45) is 0 Å². The maximum atomic E-state index is 9.01. The fourth-order valence-electron chi connectivity index (χ4n) is 2.13. The van der Waals surface area contributed by atoms with E-state index in [2.05, 4.69) is 11.0 Å². The molecule has 0 saturated heterocycles. The van der Waals surface area contributed by atoms with Gasteiger partial charge < -0.3 is 14.7 Å². The van der Waals surface area contributed by atoms with Crippen molar-refractivity contribution in [3.8, 4) is 11.8 Å². The number of fused-ring (bicyclic) bond motifs is 1. The molecule has 1 aromatic rings. The van der Waals surface area contributed by atoms with E-state index in [-0.39, 0.29) is 12.6 Å². The Labute approximate surface area is 101 Å². The number of aliphatic hydroxyl groups is 1. The molecule has 1 aromatic carbocycles. The van der Waals surface area contributed by atoms with E-state index in [1.54, 1.807) is 6.07 Å². The Kier molecular flexibility index (Phi) is 3.50. The van der Waals surface area contributed by atoms with Crippen LogP contribution in [0.15, 0.2) is 18.2 Å². The number of rotatable bonds is 3. The predicted octanol–water partition coefficient (Wildman–Crippen LogP) is 1.53. The van der Waals surface area contributed by atoms with Crippen molar-refractivity contribution in [1.82, 2.24) is 0 Å². The number of nitrogens with zero attached hydrogens (tertiary/aromatic N) is 2. The summed E-state index contributed by atoms with van der Waals surface area (Å²) in [4.78, 5) is 2.13. The molecule has 4 nitrogen and oxygen atoms in total. The van der Waals surface area contributed by atoms with E-state index >= 15 is 0 Å². The lowest BCUT2D eigenvalue weighted by atomic mass is 10.1. The Morgan fingerprint density at radius 1 is 1.59 bits per heavy atom. The Bertz CT molecular complexity index is 440. The Balaban J connectivity index is 2.24. The zero-order valence-corrected chi connectivity index (χ0v) is 9.89. The summed E-state index contributed by atoms with van der Waals surface area (Å²) in [5.41, 5.74) is 1.54. The van der Waals surface area contributed by atoms with Gasteiger partial charge in [0.1, 0.15) is 12.7 Å². The lowest BCUT2D eigenvalue weighted by Gasteiger charge is -2.36. The minimum atomic E-state index is 0.204. The van der Waals surface area contributed by atoms with E-state index in [0.29, 0.717) is 17.9 Å². The van der Waals surface area contributed by atoms with Gasteiger partial charge in [0, 0.05) is 13.7 Å². The number of hydrogen-bond acceptors (Lipinski definition) is 4. The Hall–Kier alpha value is -1.73. The summed E-state index contributed by atoms with van der Waals surface area (Å²) < 4.78 is 5.68. The van der Waals surface area contributed by atoms with Crippen molar-refractivity contribution in [2.45, 2.75) is 18.9 Å². The van der Waals surface area contributed by atoms with Crippen LogP contribution >= 0.6 is 0 Å². The van der Waals surface area contributed by atoms with Crippen LogP contribution in [0.25, 0.3) is 0 Å². The predicted molar refractivity (Wildman–Crippen MR) is 65.2 cm³/mol. The third-order valence-electron chi connectivity index (χ3n) is 3.16. The zero-order chi connectivity index (χ0) is 12.3. The fraction of sp³-hybridized carbons (Fsp3) is 0.462. The summed E-state index contributed by atoms with van der Waals surface area (Å²) in [5, 5.41) is 17.9. The molecule has 0 saturated carbocycles. The number of anilines is 1. The lowest BCUT2D eigenvalue weighted by Crippen LogP contribution is -2.40. The van der Waals surface area contributed by atoms with Gasteiger partial charge in [0.2, 0.25) is 0 Å². The van der Waals surface area contributed by atoms with Crippen LogP contribution in [0.4, 0.5) is 5.69 Å². The van der Waals surface area contributed by atoms with E-state index in [4.69, 9.17) is 15.1 Å². The first-order valence-electron chi connectivity index (χ1n) is 5.77. The number of hydrogen-bond donors (Lipinski definition) is 1. The van der Waals surface area contributed by atoms with Crippen LogP contribution in [-0.2, 0) is 0 Å². The van der Waals surface area contributed by atoms with Gasteiger partial charge in [-0.15, -0.1) is 0 Å². The van der Waals surface area contributed by atoms with Crippen molar-refractivity contribution in [3.63, 3.8) is 0 Å². The van der Waals surface area contributed by atoms with E-state index in [9.17, 15) is 0 Å². The van der Waals surface area contributed by atoms with Crippen LogP contribution in [0.5, 0.6) is 5.75 Å². The average Bonchev–Trinajstić information content (AvgIpc) is 2.37. The van der Waals surface area contributed by atoms with Gasteiger partial charge in [-0.25, -0.2) is 0 Å². The standard InChI is InChI=1S/C13H16N2O2/c1-15-11(5-3-7-16)9-17-13-10(8-14)4-2-6-12(13)15/h2,4,6,11,16H,3,5,7,9H2,1H3. The smallest absolute Gasteiger partial charge is 0.160 e. The molecule has 1 heterocycles. The minimum absolute atomic E-state index is 0.204. The molecule has 1 aliphatic heterocycles. The van der Waals surface area contributed by atoms with Gasteiger partial charge in [-0.05, 0) is 25.0 Å². The van der Waals surface area contributed by atoms with Crippen molar-refractivity contribution in [3.05, 3.63) is 23.8 Å². The maximum Gasteiger partial charge on any atom is 0.160 e. The van der Waals surface area contributed by atoms with Crippen LogP contribution < -0.4 is 9.64 Å². The lowest BCUT2D eigenvalue weighted by molar-refractivity contribution is 0.236. The highest BCUT2D eigenvalue weighted by Crippen LogP contribution is 2.36. The van der Waals surface area contributed by atoms with E-state index in [1.165, 1.54) is 0 Å². The molecule has 1 atom stereocenters. The summed E-state index contributed by atoms with van der Waals surface area (Å²) in [5.74, 6) is 0.678.